The van der Waals surface area contributed by atoms with E-state index < -0.39 is 9.85 Å². The van der Waals surface area contributed by atoms with Crippen molar-refractivity contribution in [2.24, 2.45) is 0 Å². The fraction of sp³-hybridized carbons (Fsp3) is 0.0769. The molecule has 0 fully saturated rings. The number of hydrogen-bond acceptors (Lipinski definition) is 5. The summed E-state index contributed by atoms with van der Waals surface area (Å²) < 4.78 is 0. The molecule has 2 aromatic carbocycles. The Labute approximate surface area is 129 Å². The maximum atomic E-state index is 11.0. The number of non-ortho nitro benzene ring substituents is 1. The topological polar surface area (TPSA) is 86.3 Å². The van der Waals surface area contributed by atoms with Crippen LogP contribution in [0.1, 0.15) is 5.56 Å². The predicted octanol–water partition coefficient (Wildman–Crippen LogP) is 4.45. The number of nitro groups is 2. The third-order valence-electron chi connectivity index (χ3n) is 2.66. The first-order valence-corrected chi connectivity index (χ1v) is 7.14. The van der Waals surface area contributed by atoms with Gasteiger partial charge in [0, 0.05) is 29.0 Å². The van der Waals surface area contributed by atoms with E-state index in [0.717, 1.165) is 5.56 Å². The zero-order valence-corrected chi connectivity index (χ0v) is 12.1. The largest absolute Gasteiger partial charge is 0.284 e. The van der Waals surface area contributed by atoms with E-state index in [0.29, 0.717) is 15.7 Å². The summed E-state index contributed by atoms with van der Waals surface area (Å²) in [5.41, 5.74) is 0.811. The van der Waals surface area contributed by atoms with Crippen LogP contribution in [0.4, 0.5) is 11.4 Å². The van der Waals surface area contributed by atoms with Gasteiger partial charge < -0.3 is 0 Å². The van der Waals surface area contributed by atoms with Gasteiger partial charge in [-0.2, -0.15) is 0 Å². The van der Waals surface area contributed by atoms with Gasteiger partial charge in [0.2, 0.25) is 0 Å². The van der Waals surface area contributed by atoms with E-state index in [1.807, 2.05) is 0 Å². The zero-order chi connectivity index (χ0) is 15.4. The third kappa shape index (κ3) is 3.93. The second-order valence-corrected chi connectivity index (χ2v) is 5.54. The Morgan fingerprint density at radius 2 is 1.67 bits per heavy atom. The van der Waals surface area contributed by atoms with Gasteiger partial charge in [0.05, 0.1) is 14.7 Å². The fourth-order valence-corrected chi connectivity index (χ4v) is 2.76. The zero-order valence-electron chi connectivity index (χ0n) is 10.6. The van der Waals surface area contributed by atoms with E-state index >= 15 is 0 Å². The molecule has 0 aliphatic heterocycles. The van der Waals surface area contributed by atoms with Crippen molar-refractivity contribution in [2.45, 2.75) is 10.6 Å². The number of hydrogen-bond donors (Lipinski definition) is 0. The molecule has 0 atom stereocenters. The molecule has 8 heteroatoms. The molecule has 6 nitrogen and oxygen atoms in total. The molecule has 2 rings (SSSR count). The average molecular weight is 325 g/mol. The lowest BCUT2D eigenvalue weighted by molar-refractivity contribution is -0.387. The van der Waals surface area contributed by atoms with Gasteiger partial charge in [0.15, 0.2) is 0 Å². The average Bonchev–Trinajstić information content (AvgIpc) is 2.46. The molecule has 0 saturated carbocycles. The summed E-state index contributed by atoms with van der Waals surface area (Å²) in [4.78, 5) is 21.1. The molecule has 0 unspecified atom stereocenters. The molecule has 0 bridgehead atoms. The Morgan fingerprint density at radius 3 is 2.24 bits per heavy atom. The molecule has 0 aliphatic rings. The maximum Gasteiger partial charge on any atom is 0.284 e. The van der Waals surface area contributed by atoms with Crippen LogP contribution in [0, 0.1) is 20.2 Å². The standard InChI is InChI=1S/C13H9ClN2O4S/c14-10-3-6-13(12(7-10)16(19)20)21-8-9-1-4-11(5-2-9)15(17)18/h1-7H,8H2. The molecular formula is C13H9ClN2O4S. The van der Waals surface area contributed by atoms with Gasteiger partial charge in [-0.3, -0.25) is 20.2 Å². The van der Waals surface area contributed by atoms with Crippen molar-refractivity contribution in [1.29, 1.82) is 0 Å². The highest BCUT2D eigenvalue weighted by atomic mass is 35.5. The van der Waals surface area contributed by atoms with Crippen LogP contribution >= 0.6 is 23.4 Å². The molecule has 0 aliphatic carbocycles. The second-order valence-electron chi connectivity index (χ2n) is 4.08. The van der Waals surface area contributed by atoms with E-state index in [1.54, 1.807) is 24.3 Å². The van der Waals surface area contributed by atoms with Crippen molar-refractivity contribution in [2.75, 3.05) is 0 Å². The number of halogens is 1. The first kappa shape index (κ1) is 15.3. The van der Waals surface area contributed by atoms with Crippen LogP contribution < -0.4 is 0 Å². The maximum absolute atomic E-state index is 11.0. The Kier molecular flexibility index (Phi) is 4.77. The van der Waals surface area contributed by atoms with Crippen LogP contribution in [-0.4, -0.2) is 9.85 Å². The highest BCUT2D eigenvalue weighted by Gasteiger charge is 2.15. The molecular weight excluding hydrogens is 316 g/mol. The molecule has 0 heterocycles. The molecule has 0 radical (unpaired) electrons. The third-order valence-corrected chi connectivity index (χ3v) is 4.03. The minimum absolute atomic E-state index is 0.0150. The Morgan fingerprint density at radius 1 is 1.00 bits per heavy atom. The number of nitro benzene ring substituents is 2. The lowest BCUT2D eigenvalue weighted by Crippen LogP contribution is -1.92. The van der Waals surface area contributed by atoms with Crippen LogP contribution in [-0.2, 0) is 5.75 Å². The molecule has 0 saturated heterocycles. The fourth-order valence-electron chi connectivity index (χ4n) is 1.63. The molecule has 2 aromatic rings. The van der Waals surface area contributed by atoms with Crippen LogP contribution in [0.25, 0.3) is 0 Å². The van der Waals surface area contributed by atoms with E-state index in [9.17, 15) is 20.2 Å². The van der Waals surface area contributed by atoms with Crippen LogP contribution in [0.15, 0.2) is 47.4 Å². The van der Waals surface area contributed by atoms with Crippen LogP contribution in [0.5, 0.6) is 0 Å². The Balaban J connectivity index is 2.13. The molecule has 0 aromatic heterocycles. The summed E-state index contributed by atoms with van der Waals surface area (Å²) in [6.45, 7) is 0. The van der Waals surface area contributed by atoms with Gasteiger partial charge in [-0.15, -0.1) is 11.8 Å². The summed E-state index contributed by atoms with van der Waals surface area (Å²) in [6, 6.07) is 10.6. The number of nitrogens with zero attached hydrogens (tertiary/aromatic N) is 2. The van der Waals surface area contributed by atoms with Crippen molar-refractivity contribution >= 4 is 34.7 Å². The molecule has 0 N–H and O–H groups in total. The first-order valence-electron chi connectivity index (χ1n) is 5.77. The summed E-state index contributed by atoms with van der Waals surface area (Å²) in [7, 11) is 0. The van der Waals surface area contributed by atoms with Crippen LogP contribution in [0.3, 0.4) is 0 Å². The highest BCUT2D eigenvalue weighted by molar-refractivity contribution is 7.98. The molecule has 108 valence electrons. The number of thioether (sulfide) groups is 1. The predicted molar refractivity (Wildman–Crippen MR) is 80.8 cm³/mol. The van der Waals surface area contributed by atoms with Crippen LogP contribution in [0.2, 0.25) is 5.02 Å². The molecule has 0 amide bonds. The smallest absolute Gasteiger partial charge is 0.258 e. The minimum Gasteiger partial charge on any atom is -0.258 e. The summed E-state index contributed by atoms with van der Waals surface area (Å²) in [6.07, 6.45) is 0. The Bertz CT molecular complexity index is 691. The quantitative estimate of drug-likeness (QED) is 0.460. The van der Waals surface area contributed by atoms with Crippen molar-refractivity contribution < 1.29 is 9.85 Å². The van der Waals surface area contributed by atoms with Gasteiger partial charge >= 0.3 is 0 Å². The van der Waals surface area contributed by atoms with Gasteiger partial charge in [-0.05, 0) is 17.7 Å². The van der Waals surface area contributed by atoms with Gasteiger partial charge in [0.25, 0.3) is 11.4 Å². The highest BCUT2D eigenvalue weighted by Crippen LogP contribution is 2.33. The van der Waals surface area contributed by atoms with Gasteiger partial charge in [-0.25, -0.2) is 0 Å². The van der Waals surface area contributed by atoms with E-state index in [-0.39, 0.29) is 11.4 Å². The van der Waals surface area contributed by atoms with Crippen molar-refractivity contribution in [3.05, 3.63) is 73.3 Å². The molecule has 0 spiro atoms. The first-order chi connectivity index (χ1) is 9.97. The normalized spacial score (nSPS) is 10.3. The Hall–Kier alpha value is -2.12. The molecule has 21 heavy (non-hydrogen) atoms. The number of benzene rings is 2. The second kappa shape index (κ2) is 6.55. The summed E-state index contributed by atoms with van der Waals surface area (Å²) >= 11 is 7.03. The summed E-state index contributed by atoms with van der Waals surface area (Å²) in [5, 5.41) is 21.8. The van der Waals surface area contributed by atoms with Gasteiger partial charge in [-0.1, -0.05) is 23.7 Å². The van der Waals surface area contributed by atoms with Crippen molar-refractivity contribution in [1.82, 2.24) is 0 Å². The van der Waals surface area contributed by atoms with E-state index in [1.165, 1.54) is 30.0 Å². The lowest BCUT2D eigenvalue weighted by Gasteiger charge is -2.04. The monoisotopic (exact) mass is 324 g/mol. The number of rotatable bonds is 5. The van der Waals surface area contributed by atoms with Gasteiger partial charge in [0.1, 0.15) is 0 Å². The van der Waals surface area contributed by atoms with E-state index in [2.05, 4.69) is 0 Å². The van der Waals surface area contributed by atoms with Crippen molar-refractivity contribution in [3.63, 3.8) is 0 Å². The van der Waals surface area contributed by atoms with E-state index in [4.69, 9.17) is 11.6 Å². The lowest BCUT2D eigenvalue weighted by atomic mass is 10.2. The van der Waals surface area contributed by atoms with Crippen molar-refractivity contribution in [3.8, 4) is 0 Å². The summed E-state index contributed by atoms with van der Waals surface area (Å²) in [5.74, 6) is 0.473. The SMILES string of the molecule is O=[N+]([O-])c1ccc(CSc2ccc(Cl)cc2[N+](=O)[O-])cc1. The minimum atomic E-state index is -0.482.